The van der Waals surface area contributed by atoms with Crippen LogP contribution in [0, 0.1) is 0 Å². The molecule has 0 bridgehead atoms. The maximum Gasteiger partial charge on any atom is 0.263 e. The number of pyridine rings is 1. The number of aromatic nitrogens is 3. The molecule has 0 aliphatic carbocycles. The van der Waals surface area contributed by atoms with Crippen LogP contribution in [0.25, 0.3) is 0 Å². The summed E-state index contributed by atoms with van der Waals surface area (Å²) in [6.07, 6.45) is 7.29. The summed E-state index contributed by atoms with van der Waals surface area (Å²) >= 11 is 0. The van der Waals surface area contributed by atoms with E-state index < -0.39 is 0 Å². The molecule has 28 heavy (non-hydrogen) atoms. The fourth-order valence-electron chi connectivity index (χ4n) is 3.37. The monoisotopic (exact) mass is 377 g/mol. The summed E-state index contributed by atoms with van der Waals surface area (Å²) in [5.74, 6) is 2.77. The average molecular weight is 377 g/mol. The van der Waals surface area contributed by atoms with E-state index in [0.717, 1.165) is 36.7 Å². The maximum atomic E-state index is 6.05. The molecule has 0 amide bonds. The van der Waals surface area contributed by atoms with Gasteiger partial charge in [0.1, 0.15) is 11.6 Å². The molecular formula is C21H23N5O2. The first kappa shape index (κ1) is 18.2. The van der Waals surface area contributed by atoms with Gasteiger partial charge in [0, 0.05) is 37.9 Å². The van der Waals surface area contributed by atoms with Gasteiger partial charge in [-0.3, -0.25) is 0 Å². The van der Waals surface area contributed by atoms with E-state index in [1.54, 1.807) is 25.7 Å². The molecule has 1 saturated heterocycles. The highest BCUT2D eigenvalue weighted by molar-refractivity contribution is 5.57. The minimum Gasteiger partial charge on any atom is -0.436 e. The van der Waals surface area contributed by atoms with E-state index in [9.17, 15) is 0 Å². The minimum atomic E-state index is 0.300. The summed E-state index contributed by atoms with van der Waals surface area (Å²) in [5.41, 5.74) is 0.935. The predicted octanol–water partition coefficient (Wildman–Crippen LogP) is 4.02. The Morgan fingerprint density at radius 1 is 1.04 bits per heavy atom. The quantitative estimate of drug-likeness (QED) is 0.666. The van der Waals surface area contributed by atoms with Crippen molar-refractivity contribution in [3.63, 3.8) is 0 Å². The fraction of sp³-hybridized carbons (Fsp3) is 0.286. The van der Waals surface area contributed by atoms with Crippen molar-refractivity contribution in [3.8, 4) is 11.6 Å². The second kappa shape index (κ2) is 8.67. The van der Waals surface area contributed by atoms with Gasteiger partial charge in [0.25, 0.3) is 5.88 Å². The van der Waals surface area contributed by atoms with Crippen molar-refractivity contribution >= 4 is 17.3 Å². The van der Waals surface area contributed by atoms with Gasteiger partial charge in [-0.05, 0) is 49.2 Å². The van der Waals surface area contributed by atoms with Crippen molar-refractivity contribution in [2.24, 2.45) is 0 Å². The second-order valence-corrected chi connectivity index (χ2v) is 6.60. The molecule has 3 heterocycles. The first-order chi connectivity index (χ1) is 13.8. The molecule has 1 fully saturated rings. The van der Waals surface area contributed by atoms with Crippen LogP contribution >= 0.6 is 0 Å². The van der Waals surface area contributed by atoms with Gasteiger partial charge in [0.05, 0.1) is 12.6 Å². The van der Waals surface area contributed by atoms with Crippen molar-refractivity contribution < 1.29 is 9.47 Å². The van der Waals surface area contributed by atoms with Crippen LogP contribution < -0.4 is 15.0 Å². The van der Waals surface area contributed by atoms with E-state index in [1.807, 2.05) is 42.5 Å². The molecule has 1 N–H and O–H groups in total. The lowest BCUT2D eigenvalue weighted by atomic mass is 10.2. The molecule has 0 unspecified atom stereocenters. The predicted molar refractivity (Wildman–Crippen MR) is 108 cm³/mol. The van der Waals surface area contributed by atoms with E-state index in [-0.39, 0.29) is 0 Å². The summed E-state index contributed by atoms with van der Waals surface area (Å²) in [7, 11) is 1.73. The van der Waals surface area contributed by atoms with Crippen LogP contribution in [0.4, 0.5) is 17.3 Å². The van der Waals surface area contributed by atoms with E-state index in [2.05, 4.69) is 25.2 Å². The van der Waals surface area contributed by atoms with Gasteiger partial charge >= 0.3 is 0 Å². The molecule has 0 radical (unpaired) electrons. The van der Waals surface area contributed by atoms with Gasteiger partial charge in [-0.1, -0.05) is 6.07 Å². The normalized spacial score (nSPS) is 16.2. The Hall–Kier alpha value is -3.19. The van der Waals surface area contributed by atoms with Crippen molar-refractivity contribution in [2.75, 3.05) is 30.5 Å². The molecule has 1 aliphatic rings. The summed E-state index contributed by atoms with van der Waals surface area (Å²) in [5, 5.41) is 3.25. The number of nitrogens with one attached hydrogen (secondary N) is 1. The molecule has 4 rings (SSSR count). The largest absolute Gasteiger partial charge is 0.436 e. The summed E-state index contributed by atoms with van der Waals surface area (Å²) < 4.78 is 11.4. The molecule has 3 aromatic rings. The van der Waals surface area contributed by atoms with Crippen LogP contribution in [0.2, 0.25) is 0 Å². The van der Waals surface area contributed by atoms with Crippen LogP contribution in [-0.4, -0.2) is 41.3 Å². The van der Waals surface area contributed by atoms with Crippen LogP contribution in [0.5, 0.6) is 11.6 Å². The molecular weight excluding hydrogens is 354 g/mol. The Labute approximate surface area is 164 Å². The highest BCUT2D eigenvalue weighted by Gasteiger charge is 2.28. The highest BCUT2D eigenvalue weighted by atomic mass is 16.5. The van der Waals surface area contributed by atoms with Gasteiger partial charge in [0.2, 0.25) is 0 Å². The minimum absolute atomic E-state index is 0.300. The second-order valence-electron chi connectivity index (χ2n) is 6.60. The average Bonchev–Trinajstić information content (AvgIpc) is 3.19. The van der Waals surface area contributed by atoms with E-state index in [0.29, 0.717) is 24.3 Å². The number of anilines is 3. The van der Waals surface area contributed by atoms with E-state index in [1.165, 1.54) is 0 Å². The Kier molecular flexibility index (Phi) is 5.63. The lowest BCUT2D eigenvalue weighted by molar-refractivity contribution is 0.180. The van der Waals surface area contributed by atoms with Crippen LogP contribution in [-0.2, 0) is 4.74 Å². The first-order valence-electron chi connectivity index (χ1n) is 9.36. The van der Waals surface area contributed by atoms with Crippen LogP contribution in [0.15, 0.2) is 61.1 Å². The number of hydrogen-bond donors (Lipinski definition) is 1. The lowest BCUT2D eigenvalue weighted by Crippen LogP contribution is -2.33. The molecule has 2 aromatic heterocycles. The molecule has 7 nitrogen and oxygen atoms in total. The third kappa shape index (κ3) is 4.20. The summed E-state index contributed by atoms with van der Waals surface area (Å²) in [4.78, 5) is 15.4. The number of ether oxygens (including phenoxy) is 2. The molecule has 0 saturated carbocycles. The maximum absolute atomic E-state index is 6.05. The Morgan fingerprint density at radius 2 is 1.89 bits per heavy atom. The number of rotatable bonds is 7. The van der Waals surface area contributed by atoms with Crippen molar-refractivity contribution in [1.29, 1.82) is 0 Å². The zero-order valence-electron chi connectivity index (χ0n) is 15.8. The molecule has 1 atom stereocenters. The Bertz CT molecular complexity index is 889. The van der Waals surface area contributed by atoms with E-state index >= 15 is 0 Å². The smallest absolute Gasteiger partial charge is 0.263 e. The third-order valence-corrected chi connectivity index (χ3v) is 4.66. The Morgan fingerprint density at radius 3 is 2.68 bits per heavy atom. The zero-order chi connectivity index (χ0) is 19.2. The zero-order valence-corrected chi connectivity index (χ0v) is 15.8. The third-order valence-electron chi connectivity index (χ3n) is 4.66. The van der Waals surface area contributed by atoms with Gasteiger partial charge in [-0.15, -0.1) is 0 Å². The van der Waals surface area contributed by atoms with Crippen molar-refractivity contribution in [1.82, 2.24) is 15.0 Å². The SMILES string of the molecule is COC[C@H]1CCCN1c1nccnc1Oc1ccc(Nc2ccccn2)cc1. The number of benzene rings is 1. The molecule has 1 aliphatic heterocycles. The fourth-order valence-corrected chi connectivity index (χ4v) is 3.37. The number of hydrogen-bond acceptors (Lipinski definition) is 7. The number of methoxy groups -OCH3 is 1. The molecule has 1 aromatic carbocycles. The Balaban J connectivity index is 1.49. The lowest BCUT2D eigenvalue weighted by Gasteiger charge is -2.26. The van der Waals surface area contributed by atoms with Crippen molar-refractivity contribution in [2.45, 2.75) is 18.9 Å². The summed E-state index contributed by atoms with van der Waals surface area (Å²) in [6.45, 7) is 1.60. The van der Waals surface area contributed by atoms with Gasteiger partial charge in [0.15, 0.2) is 5.82 Å². The van der Waals surface area contributed by atoms with Crippen LogP contribution in [0.3, 0.4) is 0 Å². The highest BCUT2D eigenvalue weighted by Crippen LogP contribution is 2.33. The van der Waals surface area contributed by atoms with Crippen molar-refractivity contribution in [3.05, 3.63) is 61.1 Å². The summed E-state index contributed by atoms with van der Waals surface area (Å²) in [6, 6.07) is 13.8. The van der Waals surface area contributed by atoms with Crippen LogP contribution in [0.1, 0.15) is 12.8 Å². The molecule has 144 valence electrons. The first-order valence-corrected chi connectivity index (χ1v) is 9.36. The van der Waals surface area contributed by atoms with Gasteiger partial charge in [-0.2, -0.15) is 0 Å². The van der Waals surface area contributed by atoms with E-state index in [4.69, 9.17) is 9.47 Å². The topological polar surface area (TPSA) is 72.4 Å². The number of nitrogens with zero attached hydrogens (tertiary/aromatic N) is 4. The standard InChI is InChI=1S/C21H23N5O2/c1-27-15-17-5-4-14-26(17)20-21(24-13-12-23-20)28-18-9-7-16(8-10-18)25-19-6-2-3-11-22-19/h2-3,6-13,17H,4-5,14-15H2,1H3,(H,22,25)/t17-/m1/s1. The molecule has 0 spiro atoms. The van der Waals surface area contributed by atoms with Gasteiger partial charge < -0.3 is 19.7 Å². The molecule has 7 heteroatoms. The van der Waals surface area contributed by atoms with Gasteiger partial charge in [-0.25, -0.2) is 15.0 Å².